The first kappa shape index (κ1) is 16.0. The second kappa shape index (κ2) is 6.72. The zero-order valence-corrected chi connectivity index (χ0v) is 14.2. The maximum absolute atomic E-state index is 12.8. The Labute approximate surface area is 141 Å². The van der Waals surface area contributed by atoms with Crippen molar-refractivity contribution in [3.63, 3.8) is 0 Å². The average molecular weight is 333 g/mol. The molecule has 2 heterocycles. The van der Waals surface area contributed by atoms with Crippen LogP contribution in [0.4, 0.5) is 0 Å². The van der Waals surface area contributed by atoms with Crippen LogP contribution in [-0.4, -0.2) is 46.8 Å². The Morgan fingerprint density at radius 2 is 2.13 bits per heavy atom. The molecular weight excluding hydrogens is 312 g/mol. The molecule has 5 nitrogen and oxygen atoms in total. The highest BCUT2D eigenvalue weighted by atomic mass is 35.5. The molecule has 1 aliphatic rings. The van der Waals surface area contributed by atoms with Gasteiger partial charge in [0.15, 0.2) is 0 Å². The van der Waals surface area contributed by atoms with E-state index < -0.39 is 0 Å². The number of aromatic nitrogens is 2. The number of hydrogen-bond acceptors (Lipinski definition) is 3. The van der Waals surface area contributed by atoms with Crippen molar-refractivity contribution < 1.29 is 4.79 Å². The molecule has 1 aromatic carbocycles. The van der Waals surface area contributed by atoms with Crippen LogP contribution in [0, 0.1) is 6.92 Å². The Bertz CT molecular complexity index is 706. The molecule has 0 unspecified atom stereocenters. The molecule has 1 amide bonds. The van der Waals surface area contributed by atoms with Crippen molar-refractivity contribution in [2.45, 2.75) is 25.8 Å². The molecule has 0 aliphatic carbocycles. The van der Waals surface area contributed by atoms with Crippen LogP contribution in [0.25, 0.3) is 5.69 Å². The number of benzene rings is 1. The third kappa shape index (κ3) is 3.26. The Morgan fingerprint density at radius 3 is 2.83 bits per heavy atom. The van der Waals surface area contributed by atoms with Gasteiger partial charge in [0.1, 0.15) is 0 Å². The third-order valence-corrected chi connectivity index (χ3v) is 4.70. The number of piperidine rings is 1. The predicted molar refractivity (Wildman–Crippen MR) is 91.3 cm³/mol. The number of halogens is 1. The molecule has 1 aliphatic heterocycles. The van der Waals surface area contributed by atoms with Gasteiger partial charge in [-0.25, -0.2) is 4.68 Å². The summed E-state index contributed by atoms with van der Waals surface area (Å²) in [6, 6.07) is 7.75. The summed E-state index contributed by atoms with van der Waals surface area (Å²) in [4.78, 5) is 14.7. The summed E-state index contributed by atoms with van der Waals surface area (Å²) in [5.41, 5.74) is 2.34. The van der Waals surface area contributed by atoms with E-state index in [9.17, 15) is 4.79 Å². The predicted octanol–water partition coefficient (Wildman–Crippen LogP) is 2.66. The van der Waals surface area contributed by atoms with E-state index in [1.54, 1.807) is 10.9 Å². The molecule has 3 rings (SSSR count). The van der Waals surface area contributed by atoms with Gasteiger partial charge in [-0.3, -0.25) is 4.79 Å². The average Bonchev–Trinajstić information content (AvgIpc) is 2.96. The molecule has 1 aromatic heterocycles. The van der Waals surface area contributed by atoms with E-state index in [0.717, 1.165) is 37.3 Å². The lowest BCUT2D eigenvalue weighted by atomic mass is 10.0. The topological polar surface area (TPSA) is 50.2 Å². The number of nitrogens with zero attached hydrogens (tertiary/aromatic N) is 3. The van der Waals surface area contributed by atoms with Gasteiger partial charge in [0.25, 0.3) is 5.91 Å². The van der Waals surface area contributed by atoms with Crippen molar-refractivity contribution in [1.82, 2.24) is 20.0 Å². The second-order valence-electron chi connectivity index (χ2n) is 5.93. The number of rotatable bonds is 3. The van der Waals surface area contributed by atoms with Crippen molar-refractivity contribution >= 4 is 17.5 Å². The Hall–Kier alpha value is -1.85. The van der Waals surface area contributed by atoms with E-state index >= 15 is 0 Å². The van der Waals surface area contributed by atoms with Gasteiger partial charge in [0, 0.05) is 18.1 Å². The summed E-state index contributed by atoms with van der Waals surface area (Å²) in [6.07, 6.45) is 3.63. The van der Waals surface area contributed by atoms with E-state index in [0.29, 0.717) is 10.6 Å². The largest absolute Gasteiger partial charge is 0.339 e. The number of amides is 1. The van der Waals surface area contributed by atoms with E-state index in [-0.39, 0.29) is 11.9 Å². The van der Waals surface area contributed by atoms with Gasteiger partial charge in [-0.1, -0.05) is 17.7 Å². The van der Waals surface area contributed by atoms with Gasteiger partial charge in [-0.05, 0) is 51.1 Å². The van der Waals surface area contributed by atoms with Gasteiger partial charge in [0.2, 0.25) is 0 Å². The van der Waals surface area contributed by atoms with E-state index in [1.165, 1.54) is 0 Å². The lowest BCUT2D eigenvalue weighted by molar-refractivity contribution is 0.0702. The third-order valence-electron chi connectivity index (χ3n) is 4.47. The fourth-order valence-electron chi connectivity index (χ4n) is 3.04. The molecule has 122 valence electrons. The highest BCUT2D eigenvalue weighted by Crippen LogP contribution is 2.20. The van der Waals surface area contributed by atoms with Gasteiger partial charge in [-0.2, -0.15) is 5.10 Å². The standard InChI is InChI=1S/C17H21ClN4O/c1-12-16(17(23)21(2)14-6-8-19-9-7-14)11-20-22(12)15-5-3-4-13(18)10-15/h3-5,10-11,14,19H,6-9H2,1-2H3. The van der Waals surface area contributed by atoms with Crippen LogP contribution in [0.1, 0.15) is 28.9 Å². The molecule has 2 aromatic rings. The molecule has 0 bridgehead atoms. The minimum absolute atomic E-state index is 0.0303. The Morgan fingerprint density at radius 1 is 1.39 bits per heavy atom. The van der Waals surface area contributed by atoms with E-state index in [2.05, 4.69) is 10.4 Å². The summed E-state index contributed by atoms with van der Waals surface area (Å²) >= 11 is 6.05. The molecular formula is C17H21ClN4O. The summed E-state index contributed by atoms with van der Waals surface area (Å²) in [7, 11) is 1.88. The monoisotopic (exact) mass is 332 g/mol. The zero-order chi connectivity index (χ0) is 16.4. The SMILES string of the molecule is Cc1c(C(=O)N(C)C2CCNCC2)cnn1-c1cccc(Cl)c1. The maximum Gasteiger partial charge on any atom is 0.257 e. The molecule has 1 N–H and O–H groups in total. The smallest absolute Gasteiger partial charge is 0.257 e. The summed E-state index contributed by atoms with van der Waals surface area (Å²) in [6.45, 7) is 3.84. The highest BCUT2D eigenvalue weighted by molar-refractivity contribution is 6.30. The van der Waals surface area contributed by atoms with Crippen LogP contribution in [-0.2, 0) is 0 Å². The first-order valence-electron chi connectivity index (χ1n) is 7.86. The molecule has 0 radical (unpaired) electrons. The lowest BCUT2D eigenvalue weighted by Gasteiger charge is -2.31. The Balaban J connectivity index is 1.85. The van der Waals surface area contributed by atoms with Crippen LogP contribution in [0.3, 0.4) is 0 Å². The highest BCUT2D eigenvalue weighted by Gasteiger charge is 2.25. The number of carbonyl (C=O) groups is 1. The van der Waals surface area contributed by atoms with E-state index in [4.69, 9.17) is 11.6 Å². The van der Waals surface area contributed by atoms with Gasteiger partial charge >= 0.3 is 0 Å². The summed E-state index contributed by atoms with van der Waals surface area (Å²) in [5.74, 6) is 0.0303. The summed E-state index contributed by atoms with van der Waals surface area (Å²) in [5, 5.41) is 8.35. The van der Waals surface area contributed by atoms with Crippen LogP contribution in [0.5, 0.6) is 0 Å². The molecule has 23 heavy (non-hydrogen) atoms. The van der Waals surface area contributed by atoms with Gasteiger partial charge < -0.3 is 10.2 Å². The van der Waals surface area contributed by atoms with Crippen molar-refractivity contribution in [2.75, 3.05) is 20.1 Å². The lowest BCUT2D eigenvalue weighted by Crippen LogP contribution is -2.44. The minimum Gasteiger partial charge on any atom is -0.339 e. The van der Waals surface area contributed by atoms with E-state index in [1.807, 2.05) is 43.1 Å². The van der Waals surface area contributed by atoms with Crippen LogP contribution >= 0.6 is 11.6 Å². The maximum atomic E-state index is 12.8. The zero-order valence-electron chi connectivity index (χ0n) is 13.4. The van der Waals surface area contributed by atoms with Crippen molar-refractivity contribution in [3.8, 4) is 5.69 Å². The van der Waals surface area contributed by atoms with Gasteiger partial charge in [-0.15, -0.1) is 0 Å². The van der Waals surface area contributed by atoms with Crippen LogP contribution in [0.2, 0.25) is 5.02 Å². The fraction of sp³-hybridized carbons (Fsp3) is 0.412. The van der Waals surface area contributed by atoms with Gasteiger partial charge in [0.05, 0.1) is 23.1 Å². The first-order valence-corrected chi connectivity index (χ1v) is 8.24. The number of nitrogens with one attached hydrogen (secondary N) is 1. The number of hydrogen-bond donors (Lipinski definition) is 1. The van der Waals surface area contributed by atoms with Crippen molar-refractivity contribution in [2.24, 2.45) is 0 Å². The first-order chi connectivity index (χ1) is 11.1. The molecule has 0 saturated carbocycles. The quantitative estimate of drug-likeness (QED) is 0.940. The Kier molecular flexibility index (Phi) is 4.68. The molecule has 0 spiro atoms. The van der Waals surface area contributed by atoms with Crippen molar-refractivity contribution in [1.29, 1.82) is 0 Å². The van der Waals surface area contributed by atoms with Crippen LogP contribution in [0.15, 0.2) is 30.5 Å². The molecule has 6 heteroatoms. The van der Waals surface area contributed by atoms with Crippen LogP contribution < -0.4 is 5.32 Å². The molecule has 1 fully saturated rings. The molecule has 0 atom stereocenters. The minimum atomic E-state index is 0.0303. The van der Waals surface area contributed by atoms with Crippen molar-refractivity contribution in [3.05, 3.63) is 46.7 Å². The fourth-order valence-corrected chi connectivity index (χ4v) is 3.22. The number of carbonyl (C=O) groups excluding carboxylic acids is 1. The normalized spacial score (nSPS) is 15.6. The molecule has 1 saturated heterocycles. The summed E-state index contributed by atoms with van der Waals surface area (Å²) < 4.78 is 1.76. The second-order valence-corrected chi connectivity index (χ2v) is 6.37.